The highest BCUT2D eigenvalue weighted by Crippen LogP contribution is 2.37. The number of pyridine rings is 2. The number of para-hydroxylation sites is 1. The number of halogens is 2. The van der Waals surface area contributed by atoms with E-state index < -0.39 is 24.3 Å². The molecule has 0 saturated carbocycles. The molecule has 3 aromatic rings. The number of carbonyl (C=O) groups is 1. The van der Waals surface area contributed by atoms with Crippen LogP contribution in [0.2, 0.25) is 0 Å². The third-order valence-electron chi connectivity index (χ3n) is 4.42. The SMILES string of the molecule is COC(=O)N(C)CC(F)(F)c1ccc(Oc2ncccc2-c2ccccc2OC)cn1. The monoisotopic (exact) mass is 429 g/mol. The van der Waals surface area contributed by atoms with Crippen molar-refractivity contribution >= 4 is 6.09 Å². The van der Waals surface area contributed by atoms with Crippen molar-refractivity contribution in [2.45, 2.75) is 5.92 Å². The summed E-state index contributed by atoms with van der Waals surface area (Å²) >= 11 is 0. The van der Waals surface area contributed by atoms with Crippen LogP contribution in [0.15, 0.2) is 60.9 Å². The molecule has 7 nitrogen and oxygen atoms in total. The van der Waals surface area contributed by atoms with Crippen molar-refractivity contribution in [1.29, 1.82) is 0 Å². The van der Waals surface area contributed by atoms with E-state index in [1.54, 1.807) is 19.4 Å². The maximum absolute atomic E-state index is 14.5. The Morgan fingerprint density at radius 1 is 1.03 bits per heavy atom. The Morgan fingerprint density at radius 2 is 1.77 bits per heavy atom. The van der Waals surface area contributed by atoms with Gasteiger partial charge in [-0.05, 0) is 30.3 Å². The average molecular weight is 429 g/mol. The molecule has 31 heavy (non-hydrogen) atoms. The van der Waals surface area contributed by atoms with Crippen LogP contribution in [0.4, 0.5) is 13.6 Å². The number of rotatable bonds is 7. The molecule has 1 aromatic carbocycles. The maximum atomic E-state index is 14.5. The van der Waals surface area contributed by atoms with Crippen molar-refractivity contribution in [2.24, 2.45) is 0 Å². The molecule has 9 heteroatoms. The second-order valence-corrected chi connectivity index (χ2v) is 6.57. The first-order valence-corrected chi connectivity index (χ1v) is 9.25. The minimum absolute atomic E-state index is 0.232. The molecule has 0 saturated heterocycles. The van der Waals surface area contributed by atoms with E-state index in [1.165, 1.54) is 19.3 Å². The summed E-state index contributed by atoms with van der Waals surface area (Å²) in [5.74, 6) is -2.22. The fourth-order valence-electron chi connectivity index (χ4n) is 2.91. The van der Waals surface area contributed by atoms with Gasteiger partial charge in [0.15, 0.2) is 0 Å². The molecule has 0 spiro atoms. The van der Waals surface area contributed by atoms with Gasteiger partial charge in [0.1, 0.15) is 17.2 Å². The zero-order valence-corrected chi connectivity index (χ0v) is 17.2. The second-order valence-electron chi connectivity index (χ2n) is 6.57. The van der Waals surface area contributed by atoms with Gasteiger partial charge in [-0.3, -0.25) is 4.98 Å². The smallest absolute Gasteiger partial charge is 0.409 e. The summed E-state index contributed by atoms with van der Waals surface area (Å²) in [5.41, 5.74) is 0.950. The predicted molar refractivity (Wildman–Crippen MR) is 109 cm³/mol. The minimum atomic E-state index is -3.37. The summed E-state index contributed by atoms with van der Waals surface area (Å²) in [6.45, 7) is -0.870. The zero-order chi connectivity index (χ0) is 22.4. The standard InChI is InChI=1S/C22H21F2N3O4/c1-27(21(28)30-3)14-22(23,24)19-11-10-15(13-26-19)31-20-17(8-6-12-25-20)16-7-4-5-9-18(16)29-2/h4-13H,14H2,1-3H3. The molecule has 0 aliphatic heterocycles. The van der Waals surface area contributed by atoms with E-state index in [1.807, 2.05) is 30.3 Å². The number of carbonyl (C=O) groups excluding carboxylic acids is 1. The number of methoxy groups -OCH3 is 2. The van der Waals surface area contributed by atoms with E-state index in [4.69, 9.17) is 9.47 Å². The van der Waals surface area contributed by atoms with Gasteiger partial charge in [-0.25, -0.2) is 9.78 Å². The second kappa shape index (κ2) is 9.38. The first-order chi connectivity index (χ1) is 14.9. The molecular formula is C22H21F2N3O4. The summed E-state index contributed by atoms with van der Waals surface area (Å²) in [5, 5.41) is 0. The highest BCUT2D eigenvalue weighted by molar-refractivity contribution is 5.74. The van der Waals surface area contributed by atoms with Crippen LogP contribution in [0.25, 0.3) is 11.1 Å². The Balaban J connectivity index is 1.82. The molecule has 0 aliphatic carbocycles. The normalized spacial score (nSPS) is 11.0. The third-order valence-corrected chi connectivity index (χ3v) is 4.42. The molecule has 0 unspecified atom stereocenters. The molecule has 0 fully saturated rings. The Hall–Kier alpha value is -3.75. The molecular weight excluding hydrogens is 408 g/mol. The zero-order valence-electron chi connectivity index (χ0n) is 17.2. The van der Waals surface area contributed by atoms with Crippen LogP contribution >= 0.6 is 0 Å². The van der Waals surface area contributed by atoms with Gasteiger partial charge in [-0.1, -0.05) is 18.2 Å². The number of ether oxygens (including phenoxy) is 3. The summed E-state index contributed by atoms with van der Waals surface area (Å²) in [6, 6.07) is 13.5. The van der Waals surface area contributed by atoms with Crippen molar-refractivity contribution in [2.75, 3.05) is 27.8 Å². The molecule has 2 heterocycles. The van der Waals surface area contributed by atoms with Crippen LogP contribution in [0.3, 0.4) is 0 Å². The number of hydrogen-bond acceptors (Lipinski definition) is 6. The van der Waals surface area contributed by atoms with Gasteiger partial charge in [0, 0.05) is 24.4 Å². The van der Waals surface area contributed by atoms with Crippen molar-refractivity contribution in [3.63, 3.8) is 0 Å². The summed E-state index contributed by atoms with van der Waals surface area (Å²) in [7, 11) is 3.91. The van der Waals surface area contributed by atoms with E-state index in [0.717, 1.165) is 23.6 Å². The van der Waals surface area contributed by atoms with Gasteiger partial charge in [0.25, 0.3) is 0 Å². The Bertz CT molecular complexity index is 1040. The van der Waals surface area contributed by atoms with E-state index in [0.29, 0.717) is 11.3 Å². The van der Waals surface area contributed by atoms with Crippen LogP contribution < -0.4 is 9.47 Å². The van der Waals surface area contributed by atoms with Gasteiger partial charge >= 0.3 is 12.0 Å². The summed E-state index contributed by atoms with van der Waals surface area (Å²) in [4.78, 5) is 20.2. The molecule has 0 aliphatic rings. The van der Waals surface area contributed by atoms with E-state index in [9.17, 15) is 13.6 Å². The molecule has 162 valence electrons. The first kappa shape index (κ1) is 21.9. The topological polar surface area (TPSA) is 73.8 Å². The van der Waals surface area contributed by atoms with Crippen LogP contribution in [-0.2, 0) is 10.7 Å². The number of nitrogens with zero attached hydrogens (tertiary/aromatic N) is 3. The summed E-state index contributed by atoms with van der Waals surface area (Å²) in [6.07, 6.45) is 1.88. The van der Waals surface area contributed by atoms with E-state index >= 15 is 0 Å². The number of hydrogen-bond donors (Lipinski definition) is 0. The molecule has 0 bridgehead atoms. The Kier molecular flexibility index (Phi) is 6.64. The molecule has 2 aromatic heterocycles. The Labute approximate surface area is 178 Å². The minimum Gasteiger partial charge on any atom is -0.496 e. The van der Waals surface area contributed by atoms with Crippen molar-refractivity contribution < 1.29 is 27.8 Å². The van der Waals surface area contributed by atoms with Gasteiger partial charge in [-0.2, -0.15) is 8.78 Å². The summed E-state index contributed by atoms with van der Waals surface area (Å²) < 4.78 is 44.6. The maximum Gasteiger partial charge on any atom is 0.409 e. The van der Waals surface area contributed by atoms with Gasteiger partial charge in [-0.15, -0.1) is 0 Å². The number of alkyl halides is 2. The van der Waals surface area contributed by atoms with Crippen LogP contribution in [0.1, 0.15) is 5.69 Å². The molecule has 3 rings (SSSR count). The van der Waals surface area contributed by atoms with Gasteiger partial charge in [0.2, 0.25) is 5.88 Å². The lowest BCUT2D eigenvalue weighted by atomic mass is 10.1. The lowest BCUT2D eigenvalue weighted by molar-refractivity contribution is -0.0336. The third kappa shape index (κ3) is 5.06. The average Bonchev–Trinajstić information content (AvgIpc) is 2.79. The first-order valence-electron chi connectivity index (χ1n) is 9.25. The number of likely N-dealkylation sites (N-methyl/N-ethyl adjacent to an activating group) is 1. The largest absolute Gasteiger partial charge is 0.496 e. The van der Waals surface area contributed by atoms with Crippen LogP contribution in [0, 0.1) is 0 Å². The fourth-order valence-corrected chi connectivity index (χ4v) is 2.91. The van der Waals surface area contributed by atoms with E-state index in [2.05, 4.69) is 14.7 Å². The molecule has 0 atom stereocenters. The van der Waals surface area contributed by atoms with E-state index in [-0.39, 0.29) is 11.6 Å². The van der Waals surface area contributed by atoms with Crippen LogP contribution in [0.5, 0.6) is 17.4 Å². The predicted octanol–water partition coefficient (Wildman–Crippen LogP) is 4.73. The van der Waals surface area contributed by atoms with Crippen LogP contribution in [-0.4, -0.2) is 48.8 Å². The number of benzene rings is 1. The number of amides is 1. The number of aromatic nitrogens is 2. The molecule has 1 amide bonds. The van der Waals surface area contributed by atoms with Crippen molar-refractivity contribution in [3.8, 4) is 28.5 Å². The quantitative estimate of drug-likeness (QED) is 0.540. The lowest BCUT2D eigenvalue weighted by Crippen LogP contribution is -2.37. The fraction of sp³-hybridized carbons (Fsp3) is 0.227. The lowest BCUT2D eigenvalue weighted by Gasteiger charge is -2.22. The Morgan fingerprint density at radius 3 is 2.45 bits per heavy atom. The molecule has 0 radical (unpaired) electrons. The van der Waals surface area contributed by atoms with Gasteiger partial charge in [0.05, 0.1) is 27.0 Å². The van der Waals surface area contributed by atoms with Gasteiger partial charge < -0.3 is 19.1 Å². The highest BCUT2D eigenvalue weighted by Gasteiger charge is 2.36. The van der Waals surface area contributed by atoms with Crippen molar-refractivity contribution in [1.82, 2.24) is 14.9 Å². The van der Waals surface area contributed by atoms with Crippen molar-refractivity contribution in [3.05, 3.63) is 66.6 Å². The molecule has 0 N–H and O–H groups in total. The highest BCUT2D eigenvalue weighted by atomic mass is 19.3.